The summed E-state index contributed by atoms with van der Waals surface area (Å²) < 4.78 is 37.8. The van der Waals surface area contributed by atoms with Crippen LogP contribution in [0.25, 0.3) is 11.1 Å². The quantitative estimate of drug-likeness (QED) is 0.461. The number of rotatable bonds is 2. The molecule has 0 saturated heterocycles. The zero-order chi connectivity index (χ0) is 16.7. The van der Waals surface area contributed by atoms with Crippen molar-refractivity contribution < 1.29 is 18.1 Å². The number of anilines is 1. The van der Waals surface area contributed by atoms with Gasteiger partial charge in [0, 0.05) is 22.2 Å². The van der Waals surface area contributed by atoms with Crippen molar-refractivity contribution in [2.24, 2.45) is 0 Å². The molecule has 0 aliphatic heterocycles. The van der Waals surface area contributed by atoms with Gasteiger partial charge < -0.3 is 5.73 Å². The fourth-order valence-corrected chi connectivity index (χ4v) is 2.41. The van der Waals surface area contributed by atoms with E-state index >= 15 is 0 Å². The normalized spacial score (nSPS) is 11.5. The van der Waals surface area contributed by atoms with Crippen LogP contribution in [0.2, 0.25) is 10.0 Å². The van der Waals surface area contributed by atoms with Gasteiger partial charge in [-0.25, -0.2) is 0 Å². The highest BCUT2D eigenvalue weighted by Crippen LogP contribution is 2.40. The van der Waals surface area contributed by atoms with Crippen molar-refractivity contribution in [2.45, 2.75) is 6.18 Å². The number of nitro groups is 1. The molecular formula is C13H7Cl2F3N2O2. The molecule has 0 aliphatic rings. The van der Waals surface area contributed by atoms with Gasteiger partial charge >= 0.3 is 6.18 Å². The lowest BCUT2D eigenvalue weighted by atomic mass is 10.0. The Morgan fingerprint density at radius 2 is 1.64 bits per heavy atom. The Balaban J connectivity index is 2.62. The van der Waals surface area contributed by atoms with Crippen LogP contribution in [0.1, 0.15) is 5.56 Å². The molecule has 9 heteroatoms. The number of nitrogen functional groups attached to an aromatic ring is 1. The summed E-state index contributed by atoms with van der Waals surface area (Å²) >= 11 is 11.8. The number of benzene rings is 2. The fourth-order valence-electron chi connectivity index (χ4n) is 1.85. The molecule has 0 spiro atoms. The van der Waals surface area contributed by atoms with E-state index in [-0.39, 0.29) is 26.9 Å². The Labute approximate surface area is 132 Å². The van der Waals surface area contributed by atoms with Gasteiger partial charge in [-0.05, 0) is 18.2 Å². The van der Waals surface area contributed by atoms with Crippen LogP contribution in [-0.4, -0.2) is 4.92 Å². The average molecular weight is 351 g/mol. The lowest BCUT2D eigenvalue weighted by Crippen LogP contribution is -2.04. The Morgan fingerprint density at radius 3 is 2.14 bits per heavy atom. The molecule has 0 aromatic heterocycles. The standard InChI is InChI=1S/C13H7Cl2F3N2O2/c14-9-3-6(13(16,17)18)1-2-7(9)8-4-12(20(21)22)11(19)5-10(8)15/h1-5H,19H2. The SMILES string of the molecule is Nc1cc(Cl)c(-c2ccc(C(F)(F)F)cc2Cl)cc1[N+](=O)[O-]. The maximum absolute atomic E-state index is 12.6. The highest BCUT2D eigenvalue weighted by atomic mass is 35.5. The molecule has 0 fully saturated rings. The Hall–Kier alpha value is -1.99. The third-order valence-electron chi connectivity index (χ3n) is 2.90. The molecule has 0 heterocycles. The maximum Gasteiger partial charge on any atom is 0.416 e. The molecule has 2 N–H and O–H groups in total. The first-order chi connectivity index (χ1) is 10.1. The Kier molecular flexibility index (Phi) is 4.21. The van der Waals surface area contributed by atoms with Crippen LogP contribution in [0, 0.1) is 10.1 Å². The molecule has 0 saturated carbocycles. The smallest absolute Gasteiger partial charge is 0.393 e. The molecule has 116 valence electrons. The molecule has 2 aromatic rings. The molecule has 0 unspecified atom stereocenters. The van der Waals surface area contributed by atoms with E-state index in [0.29, 0.717) is 0 Å². The maximum atomic E-state index is 12.6. The van der Waals surface area contributed by atoms with Gasteiger partial charge in [-0.3, -0.25) is 10.1 Å². The van der Waals surface area contributed by atoms with E-state index in [1.54, 1.807) is 0 Å². The molecule has 2 rings (SSSR count). The van der Waals surface area contributed by atoms with E-state index in [9.17, 15) is 23.3 Å². The van der Waals surface area contributed by atoms with Gasteiger partial charge in [-0.15, -0.1) is 0 Å². The summed E-state index contributed by atoms with van der Waals surface area (Å²) in [6.07, 6.45) is -4.54. The van der Waals surface area contributed by atoms with Gasteiger partial charge in [0.1, 0.15) is 5.69 Å². The van der Waals surface area contributed by atoms with E-state index in [2.05, 4.69) is 0 Å². The first-order valence-corrected chi connectivity index (χ1v) is 6.47. The van der Waals surface area contributed by atoms with E-state index in [0.717, 1.165) is 30.3 Å². The molecule has 2 aromatic carbocycles. The lowest BCUT2D eigenvalue weighted by Gasteiger charge is -2.11. The van der Waals surface area contributed by atoms with E-state index in [1.165, 1.54) is 0 Å². The predicted molar refractivity (Wildman–Crippen MR) is 78.0 cm³/mol. The third kappa shape index (κ3) is 3.10. The van der Waals surface area contributed by atoms with Crippen molar-refractivity contribution in [3.8, 4) is 11.1 Å². The number of nitro benzene ring substituents is 1. The monoisotopic (exact) mass is 350 g/mol. The van der Waals surface area contributed by atoms with Crippen LogP contribution in [-0.2, 0) is 6.18 Å². The van der Waals surface area contributed by atoms with Crippen molar-refractivity contribution in [1.29, 1.82) is 0 Å². The summed E-state index contributed by atoms with van der Waals surface area (Å²) in [6.45, 7) is 0. The van der Waals surface area contributed by atoms with Crippen molar-refractivity contribution in [3.05, 3.63) is 56.1 Å². The Bertz CT molecular complexity index is 764. The van der Waals surface area contributed by atoms with Crippen molar-refractivity contribution in [3.63, 3.8) is 0 Å². The van der Waals surface area contributed by atoms with Crippen LogP contribution >= 0.6 is 23.2 Å². The fraction of sp³-hybridized carbons (Fsp3) is 0.0769. The molecule has 22 heavy (non-hydrogen) atoms. The molecule has 0 amide bonds. The highest BCUT2D eigenvalue weighted by Gasteiger charge is 2.31. The van der Waals surface area contributed by atoms with Gasteiger partial charge in [-0.2, -0.15) is 13.2 Å². The molecule has 0 aliphatic carbocycles. The van der Waals surface area contributed by atoms with E-state index in [1.807, 2.05) is 0 Å². The van der Waals surface area contributed by atoms with Gasteiger partial charge in [0.25, 0.3) is 5.69 Å². The summed E-state index contributed by atoms with van der Waals surface area (Å²) in [5, 5.41) is 10.7. The molecule has 0 atom stereocenters. The number of halogens is 5. The molecule has 0 bridgehead atoms. The van der Waals surface area contributed by atoms with Crippen molar-refractivity contribution in [2.75, 3.05) is 5.73 Å². The van der Waals surface area contributed by atoms with Crippen LogP contribution in [0.15, 0.2) is 30.3 Å². The second kappa shape index (κ2) is 5.66. The lowest BCUT2D eigenvalue weighted by molar-refractivity contribution is -0.383. The zero-order valence-corrected chi connectivity index (χ0v) is 12.1. The van der Waals surface area contributed by atoms with E-state index < -0.39 is 22.4 Å². The Morgan fingerprint density at radius 1 is 1.05 bits per heavy atom. The van der Waals surface area contributed by atoms with Crippen LogP contribution in [0.5, 0.6) is 0 Å². The number of hydrogen-bond acceptors (Lipinski definition) is 3. The number of hydrogen-bond donors (Lipinski definition) is 1. The minimum atomic E-state index is -4.54. The summed E-state index contributed by atoms with van der Waals surface area (Å²) in [4.78, 5) is 10.2. The van der Waals surface area contributed by atoms with E-state index in [4.69, 9.17) is 28.9 Å². The minimum Gasteiger partial charge on any atom is -0.393 e. The van der Waals surface area contributed by atoms with Gasteiger partial charge in [0.05, 0.1) is 15.5 Å². The topological polar surface area (TPSA) is 69.2 Å². The van der Waals surface area contributed by atoms with Crippen LogP contribution in [0.4, 0.5) is 24.5 Å². The van der Waals surface area contributed by atoms with Crippen molar-refractivity contribution >= 4 is 34.6 Å². The van der Waals surface area contributed by atoms with Gasteiger partial charge in [0.2, 0.25) is 0 Å². The minimum absolute atomic E-state index is 0.0461. The summed E-state index contributed by atoms with van der Waals surface area (Å²) in [6, 6.07) is 4.89. The summed E-state index contributed by atoms with van der Waals surface area (Å²) in [5.41, 5.74) is 4.26. The number of alkyl halides is 3. The highest BCUT2D eigenvalue weighted by molar-refractivity contribution is 6.36. The summed E-state index contributed by atoms with van der Waals surface area (Å²) in [5.74, 6) is 0. The zero-order valence-electron chi connectivity index (χ0n) is 10.6. The first-order valence-electron chi connectivity index (χ1n) is 5.72. The average Bonchev–Trinajstić information content (AvgIpc) is 2.38. The number of nitrogens with zero attached hydrogens (tertiary/aromatic N) is 1. The molecule has 0 radical (unpaired) electrons. The summed E-state index contributed by atoms with van der Waals surface area (Å²) in [7, 11) is 0. The second-order valence-corrected chi connectivity index (χ2v) is 5.15. The second-order valence-electron chi connectivity index (χ2n) is 4.34. The van der Waals surface area contributed by atoms with Gasteiger partial charge in [-0.1, -0.05) is 29.3 Å². The number of nitrogens with two attached hydrogens (primary N) is 1. The van der Waals surface area contributed by atoms with Crippen LogP contribution in [0.3, 0.4) is 0 Å². The van der Waals surface area contributed by atoms with Gasteiger partial charge in [0.15, 0.2) is 0 Å². The van der Waals surface area contributed by atoms with Crippen LogP contribution < -0.4 is 5.73 Å². The largest absolute Gasteiger partial charge is 0.416 e. The predicted octanol–water partition coefficient (Wildman–Crippen LogP) is 5.17. The van der Waals surface area contributed by atoms with Crippen molar-refractivity contribution in [1.82, 2.24) is 0 Å². The third-order valence-corrected chi connectivity index (χ3v) is 3.53. The molecular weight excluding hydrogens is 344 g/mol. The first kappa shape index (κ1) is 16.4. The molecule has 4 nitrogen and oxygen atoms in total.